The lowest BCUT2D eigenvalue weighted by Crippen LogP contribution is -2.06. The fraction of sp³-hybridized carbons (Fsp3) is 0.200. The summed E-state index contributed by atoms with van der Waals surface area (Å²) in [6.45, 7) is 2.15. The molecule has 2 aromatic carbocycles. The minimum Gasteiger partial charge on any atom is -0.486 e. The quantitative estimate of drug-likeness (QED) is 0.915. The first-order valence-corrected chi connectivity index (χ1v) is 6.78. The topological polar surface area (TPSA) is 35.2 Å². The van der Waals surface area contributed by atoms with Gasteiger partial charge in [0.25, 0.3) is 0 Å². The molecule has 0 spiro atoms. The molecule has 0 aliphatic carbocycles. The van der Waals surface area contributed by atoms with Gasteiger partial charge in [-0.05, 0) is 42.3 Å². The first-order valence-electron chi connectivity index (χ1n) is 5.98. The van der Waals surface area contributed by atoms with Gasteiger partial charge in [-0.15, -0.1) is 0 Å². The largest absolute Gasteiger partial charge is 0.486 e. The molecule has 2 rings (SSSR count). The van der Waals surface area contributed by atoms with Crippen molar-refractivity contribution < 1.29 is 9.13 Å². The predicted molar refractivity (Wildman–Crippen MR) is 77.5 cm³/mol. The van der Waals surface area contributed by atoms with Crippen molar-refractivity contribution >= 4 is 15.9 Å². The number of hydrogen-bond acceptors (Lipinski definition) is 2. The Morgan fingerprint density at radius 1 is 1.21 bits per heavy atom. The number of benzene rings is 2. The summed E-state index contributed by atoms with van der Waals surface area (Å²) in [5, 5.41) is 0. The Kier molecular flexibility index (Phi) is 4.56. The lowest BCUT2D eigenvalue weighted by molar-refractivity contribution is 0.290. The number of hydrogen-bond donors (Lipinski definition) is 1. The van der Waals surface area contributed by atoms with Crippen molar-refractivity contribution in [1.29, 1.82) is 0 Å². The van der Waals surface area contributed by atoms with Crippen molar-refractivity contribution in [1.82, 2.24) is 0 Å². The summed E-state index contributed by atoms with van der Waals surface area (Å²) in [6, 6.07) is 12.3. The van der Waals surface area contributed by atoms with E-state index in [4.69, 9.17) is 10.5 Å². The molecular formula is C15H15BrFNO. The third-order valence-electron chi connectivity index (χ3n) is 2.79. The fourth-order valence-corrected chi connectivity index (χ4v) is 1.92. The summed E-state index contributed by atoms with van der Waals surface area (Å²) in [7, 11) is 0. The van der Waals surface area contributed by atoms with Gasteiger partial charge < -0.3 is 10.5 Å². The van der Waals surface area contributed by atoms with E-state index in [9.17, 15) is 4.39 Å². The third kappa shape index (κ3) is 3.78. The number of ether oxygens (including phenoxy) is 1. The molecule has 0 bridgehead atoms. The van der Waals surface area contributed by atoms with Crippen LogP contribution < -0.4 is 10.5 Å². The highest BCUT2D eigenvalue weighted by atomic mass is 79.9. The van der Waals surface area contributed by atoms with Crippen LogP contribution in [-0.2, 0) is 6.61 Å². The highest BCUT2D eigenvalue weighted by Gasteiger charge is 2.07. The lowest BCUT2D eigenvalue weighted by atomic mass is 10.1. The van der Waals surface area contributed by atoms with Crippen LogP contribution in [0.5, 0.6) is 5.75 Å². The SMILES string of the molecule is CC(N)c1ccc(OCc2ccc(Br)cc2)c(F)c1. The summed E-state index contributed by atoms with van der Waals surface area (Å²) in [5.74, 6) is -0.140. The van der Waals surface area contributed by atoms with E-state index in [1.54, 1.807) is 12.1 Å². The predicted octanol–water partition coefficient (Wildman–Crippen LogP) is 4.19. The molecule has 0 fully saturated rings. The molecule has 19 heavy (non-hydrogen) atoms. The summed E-state index contributed by atoms with van der Waals surface area (Å²) in [5.41, 5.74) is 7.44. The zero-order chi connectivity index (χ0) is 13.8. The van der Waals surface area contributed by atoms with Gasteiger partial charge in [0.05, 0.1) is 0 Å². The van der Waals surface area contributed by atoms with Gasteiger partial charge in [-0.2, -0.15) is 0 Å². The van der Waals surface area contributed by atoms with Crippen molar-refractivity contribution in [2.24, 2.45) is 5.73 Å². The van der Waals surface area contributed by atoms with Crippen LogP contribution in [0.1, 0.15) is 24.1 Å². The van der Waals surface area contributed by atoms with Crippen molar-refractivity contribution in [2.45, 2.75) is 19.6 Å². The van der Waals surface area contributed by atoms with Crippen LogP contribution in [0.3, 0.4) is 0 Å². The second-order valence-corrected chi connectivity index (χ2v) is 5.31. The highest BCUT2D eigenvalue weighted by molar-refractivity contribution is 9.10. The summed E-state index contributed by atoms with van der Waals surface area (Å²) >= 11 is 3.36. The molecule has 2 nitrogen and oxygen atoms in total. The van der Waals surface area contributed by atoms with E-state index in [-0.39, 0.29) is 17.6 Å². The van der Waals surface area contributed by atoms with E-state index in [2.05, 4.69) is 15.9 Å². The molecule has 0 aliphatic rings. The first kappa shape index (κ1) is 14.0. The Morgan fingerprint density at radius 3 is 2.47 bits per heavy atom. The van der Waals surface area contributed by atoms with Crippen LogP contribution in [0, 0.1) is 5.82 Å². The van der Waals surface area contributed by atoms with Crippen LogP contribution in [0.15, 0.2) is 46.9 Å². The average molecular weight is 324 g/mol. The minimum atomic E-state index is -0.382. The Morgan fingerprint density at radius 2 is 1.89 bits per heavy atom. The van der Waals surface area contributed by atoms with E-state index in [1.807, 2.05) is 31.2 Å². The van der Waals surface area contributed by atoms with Crippen LogP contribution in [0.2, 0.25) is 0 Å². The minimum absolute atomic E-state index is 0.185. The fourth-order valence-electron chi connectivity index (χ4n) is 1.66. The first-order chi connectivity index (χ1) is 9.06. The van der Waals surface area contributed by atoms with Gasteiger partial charge in [0, 0.05) is 10.5 Å². The molecule has 0 saturated carbocycles. The molecule has 1 unspecified atom stereocenters. The molecule has 100 valence electrons. The van der Waals surface area contributed by atoms with Crippen LogP contribution >= 0.6 is 15.9 Å². The maximum absolute atomic E-state index is 13.8. The molecule has 4 heteroatoms. The monoisotopic (exact) mass is 323 g/mol. The zero-order valence-corrected chi connectivity index (χ0v) is 12.2. The second kappa shape index (κ2) is 6.17. The molecule has 0 amide bonds. The van der Waals surface area contributed by atoms with Crippen molar-refractivity contribution in [3.8, 4) is 5.75 Å². The van der Waals surface area contributed by atoms with E-state index in [0.29, 0.717) is 6.61 Å². The van der Waals surface area contributed by atoms with Gasteiger partial charge in [-0.25, -0.2) is 4.39 Å². The number of halogens is 2. The molecule has 0 saturated heterocycles. The van der Waals surface area contributed by atoms with Gasteiger partial charge in [-0.3, -0.25) is 0 Å². The van der Waals surface area contributed by atoms with Crippen molar-refractivity contribution in [2.75, 3.05) is 0 Å². The number of rotatable bonds is 4. The zero-order valence-electron chi connectivity index (χ0n) is 10.6. The molecule has 0 heterocycles. The molecule has 0 aliphatic heterocycles. The highest BCUT2D eigenvalue weighted by Crippen LogP contribution is 2.22. The molecule has 2 N–H and O–H groups in total. The number of nitrogens with two attached hydrogens (primary N) is 1. The van der Waals surface area contributed by atoms with Crippen LogP contribution in [-0.4, -0.2) is 0 Å². The molecule has 2 aromatic rings. The van der Waals surface area contributed by atoms with Gasteiger partial charge in [0.1, 0.15) is 6.61 Å². The Labute approximate surface area is 120 Å². The maximum Gasteiger partial charge on any atom is 0.165 e. The third-order valence-corrected chi connectivity index (χ3v) is 3.32. The van der Waals surface area contributed by atoms with Gasteiger partial charge in [0.2, 0.25) is 0 Å². The van der Waals surface area contributed by atoms with Crippen molar-refractivity contribution in [3.05, 3.63) is 63.9 Å². The second-order valence-electron chi connectivity index (χ2n) is 4.39. The van der Waals surface area contributed by atoms with Gasteiger partial charge >= 0.3 is 0 Å². The van der Waals surface area contributed by atoms with Gasteiger partial charge in [-0.1, -0.05) is 34.1 Å². The summed E-state index contributed by atoms with van der Waals surface area (Å²) < 4.78 is 20.3. The smallest absolute Gasteiger partial charge is 0.165 e. The van der Waals surface area contributed by atoms with E-state index >= 15 is 0 Å². The maximum atomic E-state index is 13.8. The standard InChI is InChI=1S/C15H15BrFNO/c1-10(18)12-4-7-15(14(17)8-12)19-9-11-2-5-13(16)6-3-11/h2-8,10H,9,18H2,1H3. The summed E-state index contributed by atoms with van der Waals surface area (Å²) in [4.78, 5) is 0. The summed E-state index contributed by atoms with van der Waals surface area (Å²) in [6.07, 6.45) is 0. The van der Waals surface area contributed by atoms with E-state index in [1.165, 1.54) is 6.07 Å². The molecular weight excluding hydrogens is 309 g/mol. The lowest BCUT2D eigenvalue weighted by Gasteiger charge is -2.10. The molecule has 0 radical (unpaired) electrons. The van der Waals surface area contributed by atoms with Crippen molar-refractivity contribution in [3.63, 3.8) is 0 Å². The normalized spacial score (nSPS) is 12.2. The molecule has 1 atom stereocenters. The van der Waals surface area contributed by atoms with Crippen LogP contribution in [0.4, 0.5) is 4.39 Å². The van der Waals surface area contributed by atoms with Crippen LogP contribution in [0.25, 0.3) is 0 Å². The van der Waals surface area contributed by atoms with E-state index in [0.717, 1.165) is 15.6 Å². The Hall–Kier alpha value is -1.39. The Balaban J connectivity index is 2.05. The Bertz CT molecular complexity index is 555. The molecule has 0 aromatic heterocycles. The van der Waals surface area contributed by atoms with E-state index < -0.39 is 0 Å². The van der Waals surface area contributed by atoms with Gasteiger partial charge in [0.15, 0.2) is 11.6 Å². The average Bonchev–Trinajstić information content (AvgIpc) is 2.39.